The SMILES string of the molecule is O=C(NCc1ccc2c(c1)OCO2)[C@@H]1CCOC1. The van der Waals surface area contributed by atoms with Gasteiger partial charge in [-0.05, 0) is 24.1 Å². The zero-order valence-electron chi connectivity index (χ0n) is 9.98. The van der Waals surface area contributed by atoms with Crippen LogP contribution in [0.1, 0.15) is 12.0 Å². The highest BCUT2D eigenvalue weighted by molar-refractivity contribution is 5.79. The van der Waals surface area contributed by atoms with Crippen molar-refractivity contribution in [2.24, 2.45) is 5.92 Å². The number of ether oxygens (including phenoxy) is 3. The molecule has 18 heavy (non-hydrogen) atoms. The summed E-state index contributed by atoms with van der Waals surface area (Å²) in [6.07, 6.45) is 0.812. The first-order valence-electron chi connectivity index (χ1n) is 6.07. The Bertz CT molecular complexity index is 454. The summed E-state index contributed by atoms with van der Waals surface area (Å²) in [5.74, 6) is 1.56. The molecule has 5 heteroatoms. The van der Waals surface area contributed by atoms with Crippen molar-refractivity contribution < 1.29 is 19.0 Å². The Labute approximate surface area is 105 Å². The molecule has 1 N–H and O–H groups in total. The van der Waals surface area contributed by atoms with Gasteiger partial charge in [-0.3, -0.25) is 4.79 Å². The Hall–Kier alpha value is -1.75. The highest BCUT2D eigenvalue weighted by atomic mass is 16.7. The van der Waals surface area contributed by atoms with Gasteiger partial charge in [0.05, 0.1) is 12.5 Å². The Kier molecular flexibility index (Phi) is 3.06. The molecule has 96 valence electrons. The second-order valence-electron chi connectivity index (χ2n) is 4.47. The maximum atomic E-state index is 11.8. The number of hydrogen-bond acceptors (Lipinski definition) is 4. The summed E-state index contributed by atoms with van der Waals surface area (Å²) in [6, 6.07) is 5.69. The zero-order chi connectivity index (χ0) is 12.4. The first kappa shape index (κ1) is 11.3. The molecule has 3 rings (SSSR count). The fourth-order valence-corrected chi connectivity index (χ4v) is 2.13. The van der Waals surface area contributed by atoms with Crippen LogP contribution in [0.4, 0.5) is 0 Å². The van der Waals surface area contributed by atoms with Crippen LogP contribution in [0.3, 0.4) is 0 Å². The molecular formula is C13H15NO4. The predicted molar refractivity (Wildman–Crippen MR) is 63.3 cm³/mol. The third-order valence-electron chi connectivity index (χ3n) is 3.20. The van der Waals surface area contributed by atoms with Gasteiger partial charge in [0.15, 0.2) is 11.5 Å². The summed E-state index contributed by atoms with van der Waals surface area (Å²) in [7, 11) is 0. The van der Waals surface area contributed by atoms with Crippen LogP contribution in [0.25, 0.3) is 0 Å². The van der Waals surface area contributed by atoms with Gasteiger partial charge >= 0.3 is 0 Å². The van der Waals surface area contributed by atoms with Crippen molar-refractivity contribution in [2.45, 2.75) is 13.0 Å². The van der Waals surface area contributed by atoms with E-state index in [0.29, 0.717) is 19.8 Å². The van der Waals surface area contributed by atoms with Crippen LogP contribution in [0.15, 0.2) is 18.2 Å². The molecule has 1 saturated heterocycles. The molecule has 5 nitrogen and oxygen atoms in total. The van der Waals surface area contributed by atoms with E-state index in [2.05, 4.69) is 5.32 Å². The van der Waals surface area contributed by atoms with E-state index in [-0.39, 0.29) is 18.6 Å². The number of benzene rings is 1. The Morgan fingerprint density at radius 1 is 1.33 bits per heavy atom. The van der Waals surface area contributed by atoms with Gasteiger partial charge in [0.25, 0.3) is 0 Å². The average molecular weight is 249 g/mol. The van der Waals surface area contributed by atoms with Crippen molar-refractivity contribution in [3.8, 4) is 11.5 Å². The van der Waals surface area contributed by atoms with Gasteiger partial charge in [-0.1, -0.05) is 6.07 Å². The molecule has 2 aliphatic heterocycles. The van der Waals surface area contributed by atoms with Crippen molar-refractivity contribution in [1.29, 1.82) is 0 Å². The lowest BCUT2D eigenvalue weighted by atomic mass is 10.1. The lowest BCUT2D eigenvalue weighted by Crippen LogP contribution is -2.30. The molecule has 0 unspecified atom stereocenters. The van der Waals surface area contributed by atoms with Gasteiger partial charge in [-0.15, -0.1) is 0 Å². The maximum absolute atomic E-state index is 11.8. The molecule has 1 amide bonds. The number of nitrogens with one attached hydrogen (secondary N) is 1. The van der Waals surface area contributed by atoms with E-state index in [1.54, 1.807) is 0 Å². The van der Waals surface area contributed by atoms with Crippen molar-refractivity contribution in [1.82, 2.24) is 5.32 Å². The Morgan fingerprint density at radius 3 is 3.06 bits per heavy atom. The predicted octanol–water partition coefficient (Wildman–Crippen LogP) is 1.07. The van der Waals surface area contributed by atoms with E-state index in [9.17, 15) is 4.79 Å². The molecule has 0 spiro atoms. The molecule has 0 saturated carbocycles. The molecule has 0 aromatic heterocycles. The molecule has 2 aliphatic rings. The minimum atomic E-state index is -0.000916. The highest BCUT2D eigenvalue weighted by Crippen LogP contribution is 2.32. The summed E-state index contributed by atoms with van der Waals surface area (Å²) in [5, 5.41) is 2.92. The third kappa shape index (κ3) is 2.26. The smallest absolute Gasteiger partial charge is 0.231 e. The zero-order valence-corrected chi connectivity index (χ0v) is 9.98. The van der Waals surface area contributed by atoms with Crippen LogP contribution < -0.4 is 14.8 Å². The van der Waals surface area contributed by atoms with E-state index in [0.717, 1.165) is 23.5 Å². The fraction of sp³-hybridized carbons (Fsp3) is 0.462. The first-order valence-corrected chi connectivity index (χ1v) is 6.07. The van der Waals surface area contributed by atoms with Gasteiger partial charge in [0.1, 0.15) is 0 Å². The van der Waals surface area contributed by atoms with E-state index < -0.39 is 0 Å². The van der Waals surface area contributed by atoms with E-state index >= 15 is 0 Å². The number of rotatable bonds is 3. The third-order valence-corrected chi connectivity index (χ3v) is 3.20. The minimum absolute atomic E-state index is 0.000916. The number of carbonyl (C=O) groups is 1. The van der Waals surface area contributed by atoms with Crippen molar-refractivity contribution in [2.75, 3.05) is 20.0 Å². The van der Waals surface area contributed by atoms with E-state index in [4.69, 9.17) is 14.2 Å². The highest BCUT2D eigenvalue weighted by Gasteiger charge is 2.23. The first-order chi connectivity index (χ1) is 8.83. The van der Waals surface area contributed by atoms with Crippen molar-refractivity contribution in [3.05, 3.63) is 23.8 Å². The second-order valence-corrected chi connectivity index (χ2v) is 4.47. The molecule has 1 atom stereocenters. The van der Waals surface area contributed by atoms with Gasteiger partial charge in [0, 0.05) is 13.2 Å². The van der Waals surface area contributed by atoms with Crippen LogP contribution >= 0.6 is 0 Å². The number of fused-ring (bicyclic) bond motifs is 1. The summed E-state index contributed by atoms with van der Waals surface area (Å²) in [4.78, 5) is 11.8. The van der Waals surface area contributed by atoms with Gasteiger partial charge in [-0.25, -0.2) is 0 Å². The lowest BCUT2D eigenvalue weighted by Gasteiger charge is -2.09. The van der Waals surface area contributed by atoms with Crippen LogP contribution in [0.5, 0.6) is 11.5 Å². The van der Waals surface area contributed by atoms with Crippen molar-refractivity contribution >= 4 is 5.91 Å². The molecule has 0 aliphatic carbocycles. The molecule has 2 heterocycles. The largest absolute Gasteiger partial charge is 0.454 e. The summed E-state index contributed by atoms with van der Waals surface area (Å²) < 4.78 is 15.7. The standard InChI is InChI=1S/C13H15NO4/c15-13(10-3-4-16-7-10)14-6-9-1-2-11-12(5-9)18-8-17-11/h1-2,5,10H,3-4,6-8H2,(H,14,15)/t10-/m1/s1. The number of amides is 1. The van der Waals surface area contributed by atoms with Crippen LogP contribution in [0, 0.1) is 5.92 Å². The van der Waals surface area contributed by atoms with Crippen LogP contribution in [0.2, 0.25) is 0 Å². The summed E-state index contributed by atoms with van der Waals surface area (Å²) in [5.41, 5.74) is 1.01. The fourth-order valence-electron chi connectivity index (χ4n) is 2.13. The van der Waals surface area contributed by atoms with Gasteiger partial charge in [0.2, 0.25) is 12.7 Å². The van der Waals surface area contributed by atoms with Crippen molar-refractivity contribution in [3.63, 3.8) is 0 Å². The van der Waals surface area contributed by atoms with E-state index in [1.807, 2.05) is 18.2 Å². The second kappa shape index (κ2) is 4.86. The maximum Gasteiger partial charge on any atom is 0.231 e. The molecule has 1 aromatic carbocycles. The topological polar surface area (TPSA) is 56.8 Å². The van der Waals surface area contributed by atoms with Crippen LogP contribution in [-0.2, 0) is 16.1 Å². The Morgan fingerprint density at radius 2 is 2.22 bits per heavy atom. The van der Waals surface area contributed by atoms with Gasteiger partial charge in [-0.2, -0.15) is 0 Å². The average Bonchev–Trinajstić information content (AvgIpc) is 3.05. The van der Waals surface area contributed by atoms with Crippen LogP contribution in [-0.4, -0.2) is 25.9 Å². The minimum Gasteiger partial charge on any atom is -0.454 e. The Balaban J connectivity index is 1.58. The molecular weight excluding hydrogens is 234 g/mol. The molecule has 0 radical (unpaired) electrons. The van der Waals surface area contributed by atoms with Gasteiger partial charge < -0.3 is 19.5 Å². The lowest BCUT2D eigenvalue weighted by molar-refractivity contribution is -0.125. The number of hydrogen-bond donors (Lipinski definition) is 1. The summed E-state index contributed by atoms with van der Waals surface area (Å²) >= 11 is 0. The molecule has 1 fully saturated rings. The quantitative estimate of drug-likeness (QED) is 0.870. The normalized spacial score (nSPS) is 21.0. The summed E-state index contributed by atoms with van der Waals surface area (Å²) in [6.45, 7) is 1.99. The molecule has 0 bridgehead atoms. The van der Waals surface area contributed by atoms with E-state index in [1.165, 1.54) is 0 Å². The monoisotopic (exact) mass is 249 g/mol. The molecule has 1 aromatic rings. The number of carbonyl (C=O) groups excluding carboxylic acids is 1.